The summed E-state index contributed by atoms with van der Waals surface area (Å²) >= 11 is 0. The van der Waals surface area contributed by atoms with Crippen LogP contribution in [0.4, 0.5) is 4.79 Å². The summed E-state index contributed by atoms with van der Waals surface area (Å²) in [6.45, 7) is 3.23. The van der Waals surface area contributed by atoms with E-state index in [4.69, 9.17) is 9.47 Å². The average Bonchev–Trinajstić information content (AvgIpc) is 3.73. The molecule has 2 aromatic rings. The minimum Gasteiger partial charge on any atom is -0.467 e. The minimum absolute atomic E-state index is 0.0209. The van der Waals surface area contributed by atoms with Crippen molar-refractivity contribution in [2.75, 3.05) is 39.4 Å². The zero-order valence-electron chi connectivity index (χ0n) is 26.9. The molecule has 47 heavy (non-hydrogen) atoms. The molecule has 0 bridgehead atoms. The standard InChI is InChI=1S/C33H45N7O7/c1-2-3-19-46-33(45)36-24-14-17-38(18-15-24)28(41)21-34-31(43)26-20-30(40(37-26)25-11-5-4-6-12-25)47-22-29(42)39-16-8-13-27(39)32(44)35-23-9-7-10-23/h4-6,11-12,20,23-24,27H,2-3,7-10,13-19,21-22H2,1H3,(H,34,43)(H,35,44)(H,36,45)/t27-/m0/s1. The Labute approximate surface area is 274 Å². The number of carbonyl (C=O) groups excluding carboxylic acids is 5. The second kappa shape index (κ2) is 16.3. The van der Waals surface area contributed by atoms with Crippen molar-refractivity contribution >= 4 is 29.7 Å². The zero-order chi connectivity index (χ0) is 33.2. The molecule has 0 radical (unpaired) electrons. The van der Waals surface area contributed by atoms with Gasteiger partial charge in [0.2, 0.25) is 17.7 Å². The van der Waals surface area contributed by atoms with Crippen molar-refractivity contribution in [3.8, 4) is 11.6 Å². The summed E-state index contributed by atoms with van der Waals surface area (Å²) in [5.74, 6) is -1.07. The van der Waals surface area contributed by atoms with Crippen LogP contribution in [0.1, 0.15) is 75.2 Å². The fraction of sp³-hybridized carbons (Fsp3) is 0.576. The number of ether oxygens (including phenoxy) is 2. The molecule has 3 heterocycles. The van der Waals surface area contributed by atoms with E-state index in [1.165, 1.54) is 10.7 Å². The van der Waals surface area contributed by atoms with E-state index in [0.717, 1.165) is 38.5 Å². The van der Waals surface area contributed by atoms with Gasteiger partial charge in [-0.1, -0.05) is 31.5 Å². The van der Waals surface area contributed by atoms with E-state index in [1.54, 1.807) is 21.9 Å². The van der Waals surface area contributed by atoms with Gasteiger partial charge < -0.3 is 35.2 Å². The highest BCUT2D eigenvalue weighted by Gasteiger charge is 2.36. The molecule has 0 spiro atoms. The molecule has 1 aromatic carbocycles. The van der Waals surface area contributed by atoms with Gasteiger partial charge >= 0.3 is 6.09 Å². The van der Waals surface area contributed by atoms with Gasteiger partial charge in [0.15, 0.2) is 12.3 Å². The maximum absolute atomic E-state index is 13.2. The first-order valence-corrected chi connectivity index (χ1v) is 16.7. The molecule has 1 aromatic heterocycles. The number of alkyl carbamates (subject to hydrolysis) is 1. The first kappa shape index (κ1) is 33.7. The molecule has 0 unspecified atom stereocenters. The molecule has 5 amide bonds. The Morgan fingerprint density at radius 2 is 1.64 bits per heavy atom. The van der Waals surface area contributed by atoms with E-state index in [-0.39, 0.29) is 54.5 Å². The lowest BCUT2D eigenvalue weighted by Gasteiger charge is -2.32. The lowest BCUT2D eigenvalue weighted by atomic mass is 9.93. The highest BCUT2D eigenvalue weighted by Crippen LogP contribution is 2.23. The highest BCUT2D eigenvalue weighted by atomic mass is 16.5. The number of para-hydroxylation sites is 1. The Kier molecular flexibility index (Phi) is 11.7. The Hall–Kier alpha value is -4.62. The molecular weight excluding hydrogens is 606 g/mol. The van der Waals surface area contributed by atoms with Gasteiger partial charge in [0.25, 0.3) is 11.8 Å². The number of nitrogens with zero attached hydrogens (tertiary/aromatic N) is 4. The van der Waals surface area contributed by atoms with Crippen LogP contribution in [0.25, 0.3) is 5.69 Å². The third kappa shape index (κ3) is 9.01. The number of benzene rings is 1. The quantitative estimate of drug-likeness (QED) is 0.278. The molecule has 2 aliphatic heterocycles. The van der Waals surface area contributed by atoms with Crippen LogP contribution in [0.5, 0.6) is 5.88 Å². The van der Waals surface area contributed by atoms with Crippen molar-refractivity contribution in [1.29, 1.82) is 0 Å². The molecule has 3 aliphatic rings. The summed E-state index contributed by atoms with van der Waals surface area (Å²) < 4.78 is 12.5. The Bertz CT molecular complexity index is 1400. The molecule has 1 atom stereocenters. The van der Waals surface area contributed by atoms with Crippen molar-refractivity contribution in [3.63, 3.8) is 0 Å². The van der Waals surface area contributed by atoms with Gasteiger partial charge in [-0.15, -0.1) is 0 Å². The van der Waals surface area contributed by atoms with Crippen LogP contribution in [-0.4, -0.2) is 107 Å². The van der Waals surface area contributed by atoms with Gasteiger partial charge in [-0.05, 0) is 63.5 Å². The predicted molar refractivity (Wildman–Crippen MR) is 171 cm³/mol. The minimum atomic E-state index is -0.567. The van der Waals surface area contributed by atoms with E-state index < -0.39 is 18.0 Å². The van der Waals surface area contributed by atoms with Gasteiger partial charge in [0, 0.05) is 37.8 Å². The smallest absolute Gasteiger partial charge is 0.407 e. The normalized spacial score (nSPS) is 18.3. The summed E-state index contributed by atoms with van der Waals surface area (Å²) in [5.41, 5.74) is 0.641. The fourth-order valence-corrected chi connectivity index (χ4v) is 5.89. The molecule has 254 valence electrons. The second-order valence-corrected chi connectivity index (χ2v) is 12.3. The molecule has 1 aliphatic carbocycles. The third-order valence-corrected chi connectivity index (χ3v) is 8.88. The van der Waals surface area contributed by atoms with Gasteiger partial charge in [0.1, 0.15) is 6.04 Å². The average molecular weight is 652 g/mol. The maximum Gasteiger partial charge on any atom is 0.407 e. The van der Waals surface area contributed by atoms with Gasteiger partial charge in [-0.3, -0.25) is 19.2 Å². The molecule has 14 heteroatoms. The lowest BCUT2D eigenvalue weighted by molar-refractivity contribution is -0.140. The summed E-state index contributed by atoms with van der Waals surface area (Å²) in [4.78, 5) is 67.1. The third-order valence-electron chi connectivity index (χ3n) is 8.88. The summed E-state index contributed by atoms with van der Waals surface area (Å²) in [6.07, 6.45) is 6.89. The van der Waals surface area contributed by atoms with Gasteiger partial charge in [-0.2, -0.15) is 5.10 Å². The summed E-state index contributed by atoms with van der Waals surface area (Å²) in [6, 6.07) is 10.1. The predicted octanol–water partition coefficient (Wildman–Crippen LogP) is 2.16. The van der Waals surface area contributed by atoms with Crippen molar-refractivity contribution in [2.45, 2.75) is 82.8 Å². The number of hydrogen-bond acceptors (Lipinski definition) is 8. The van der Waals surface area contributed by atoms with E-state index in [0.29, 0.717) is 51.2 Å². The van der Waals surface area contributed by atoms with Crippen LogP contribution in [0.3, 0.4) is 0 Å². The van der Waals surface area contributed by atoms with Gasteiger partial charge in [0.05, 0.1) is 18.8 Å². The number of nitrogens with one attached hydrogen (secondary N) is 3. The molecule has 1 saturated carbocycles. The number of carbonyl (C=O) groups is 5. The molecule has 2 saturated heterocycles. The highest BCUT2D eigenvalue weighted by molar-refractivity contribution is 5.95. The van der Waals surface area contributed by atoms with E-state index >= 15 is 0 Å². The Morgan fingerprint density at radius 3 is 2.34 bits per heavy atom. The molecule has 3 fully saturated rings. The van der Waals surface area contributed by atoms with E-state index in [9.17, 15) is 24.0 Å². The number of piperidine rings is 1. The monoisotopic (exact) mass is 651 g/mol. The van der Waals surface area contributed by atoms with Gasteiger partial charge in [-0.25, -0.2) is 9.48 Å². The molecule has 14 nitrogen and oxygen atoms in total. The van der Waals surface area contributed by atoms with Crippen LogP contribution in [0.15, 0.2) is 36.4 Å². The van der Waals surface area contributed by atoms with Crippen LogP contribution < -0.4 is 20.7 Å². The van der Waals surface area contributed by atoms with Crippen molar-refractivity contribution < 1.29 is 33.4 Å². The van der Waals surface area contributed by atoms with Crippen molar-refractivity contribution in [3.05, 3.63) is 42.1 Å². The topological polar surface area (TPSA) is 164 Å². The lowest BCUT2D eigenvalue weighted by Crippen LogP contribution is -2.51. The molecular formula is C33H45N7O7. The van der Waals surface area contributed by atoms with E-state index in [2.05, 4.69) is 21.0 Å². The molecule has 3 N–H and O–H groups in total. The van der Waals surface area contributed by atoms with Crippen LogP contribution in [0, 0.1) is 0 Å². The largest absolute Gasteiger partial charge is 0.467 e. The first-order chi connectivity index (χ1) is 22.8. The Morgan fingerprint density at radius 1 is 0.894 bits per heavy atom. The number of amides is 5. The summed E-state index contributed by atoms with van der Waals surface area (Å²) in [5, 5.41) is 12.9. The first-order valence-electron chi connectivity index (χ1n) is 16.7. The number of rotatable bonds is 13. The van der Waals surface area contributed by atoms with Crippen LogP contribution in [0.2, 0.25) is 0 Å². The second-order valence-electron chi connectivity index (χ2n) is 12.3. The fourth-order valence-electron chi connectivity index (χ4n) is 5.89. The maximum atomic E-state index is 13.2. The van der Waals surface area contributed by atoms with Crippen LogP contribution in [-0.2, 0) is 19.1 Å². The van der Waals surface area contributed by atoms with E-state index in [1.807, 2.05) is 25.1 Å². The van der Waals surface area contributed by atoms with Crippen LogP contribution >= 0.6 is 0 Å². The summed E-state index contributed by atoms with van der Waals surface area (Å²) in [7, 11) is 0. The molecule has 5 rings (SSSR count). The Balaban J connectivity index is 1.14. The number of aromatic nitrogens is 2. The van der Waals surface area contributed by atoms with Crippen molar-refractivity contribution in [1.82, 2.24) is 35.5 Å². The SMILES string of the molecule is CCCCOC(=O)NC1CCN(C(=O)CNC(=O)c2cc(OCC(=O)N3CCC[C@H]3C(=O)NC3CCC3)n(-c3ccccc3)n2)CC1. The zero-order valence-corrected chi connectivity index (χ0v) is 26.9. The number of hydrogen-bond donors (Lipinski definition) is 3. The number of unbranched alkanes of at least 4 members (excludes halogenated alkanes) is 1. The van der Waals surface area contributed by atoms with Crippen molar-refractivity contribution in [2.24, 2.45) is 0 Å². The number of likely N-dealkylation sites (tertiary alicyclic amines) is 2.